The van der Waals surface area contributed by atoms with Crippen LogP contribution in [0.5, 0.6) is 0 Å². The van der Waals surface area contributed by atoms with E-state index in [0.717, 1.165) is 25.7 Å². The molecule has 0 spiro atoms. The van der Waals surface area contributed by atoms with Crippen molar-refractivity contribution in [3.05, 3.63) is 11.6 Å². The minimum Gasteiger partial charge on any atom is -0.432 e. The smallest absolute Gasteiger partial charge is 0.315 e. The Labute approximate surface area is 431 Å². The van der Waals surface area contributed by atoms with Gasteiger partial charge in [-0.15, -0.1) is 0 Å². The molecule has 0 unspecified atom stereocenters. The summed E-state index contributed by atoms with van der Waals surface area (Å²) >= 11 is 0. The third-order valence-electron chi connectivity index (χ3n) is 20.8. The van der Waals surface area contributed by atoms with Gasteiger partial charge in [0.2, 0.25) is 6.29 Å². The van der Waals surface area contributed by atoms with Gasteiger partial charge in [-0.1, -0.05) is 53.2 Å². The van der Waals surface area contributed by atoms with Gasteiger partial charge in [-0.25, -0.2) is 0 Å². The lowest BCUT2D eigenvalue weighted by atomic mass is 9.33. The van der Waals surface area contributed by atoms with Crippen molar-refractivity contribution >= 4 is 5.97 Å². The number of rotatable bonds is 11. The standard InChI is InChI=1S/C52H84O22/c1-47(2)13-15-52(46(66)74-44-40(65)37(62)35(60)28(71-44)21-69-42-39(64)36(61)34(59)27(18-53)70-42)16-14-50(5)23(24(52)17-47)7-8-30-48(3)11-10-31(49(4,22-54)29(48)9-12-51(30,50)6)72-45-41(33(58)26(56)20-68-45)73-43-38(63)32(57)25(55)19-67-43/h7,24-45,53-65H,8-22H2,1-6H3/t24-,25+,26-,27+,28+,29+,30+,31-,32-,33-,34+,35+,36-,37-,38+,39+,40+,41+,42+,43-,44-,45-,48-,49-,50+,51+,52-/m0/s1. The summed E-state index contributed by atoms with van der Waals surface area (Å²) in [5.41, 5.74) is -1.68. The molecule has 0 aromatic heterocycles. The summed E-state index contributed by atoms with van der Waals surface area (Å²) in [7, 11) is 0. The van der Waals surface area contributed by atoms with Crippen molar-refractivity contribution in [3.8, 4) is 0 Å². The first-order chi connectivity index (χ1) is 34.7. The van der Waals surface area contributed by atoms with Gasteiger partial charge in [-0.2, -0.15) is 0 Å². The molecule has 9 aliphatic rings. The average molecular weight is 1060 g/mol. The number of carbonyl (C=O) groups excluding carboxylic acids is 1. The number of aliphatic hydroxyl groups is 13. The maximum Gasteiger partial charge on any atom is 0.315 e. The molecule has 4 aliphatic heterocycles. The van der Waals surface area contributed by atoms with Crippen LogP contribution in [0.2, 0.25) is 0 Å². The van der Waals surface area contributed by atoms with E-state index in [9.17, 15) is 66.4 Å². The Morgan fingerprint density at radius 3 is 1.91 bits per heavy atom. The lowest BCUT2D eigenvalue weighted by molar-refractivity contribution is -0.358. The van der Waals surface area contributed by atoms with Crippen LogP contribution in [-0.2, 0) is 42.7 Å². The van der Waals surface area contributed by atoms with Crippen molar-refractivity contribution in [2.45, 2.75) is 222 Å². The summed E-state index contributed by atoms with van der Waals surface area (Å²) < 4.78 is 47.3. The molecular weight excluding hydrogens is 977 g/mol. The second-order valence-corrected chi connectivity index (χ2v) is 25.3. The fourth-order valence-electron chi connectivity index (χ4n) is 15.9. The minimum atomic E-state index is -1.84. The van der Waals surface area contributed by atoms with Crippen LogP contribution in [0.1, 0.15) is 106 Å². The summed E-state index contributed by atoms with van der Waals surface area (Å²) in [6, 6.07) is 0. The maximum absolute atomic E-state index is 15.1. The highest BCUT2D eigenvalue weighted by molar-refractivity contribution is 5.79. The molecule has 27 atom stereocenters. The molecule has 8 fully saturated rings. The molecule has 22 nitrogen and oxygen atoms in total. The molecule has 0 amide bonds. The lowest BCUT2D eigenvalue weighted by Crippen LogP contribution is -2.67. The monoisotopic (exact) mass is 1060 g/mol. The first-order valence-corrected chi connectivity index (χ1v) is 26.8. The Morgan fingerprint density at radius 2 is 1.23 bits per heavy atom. The van der Waals surface area contributed by atoms with Crippen molar-refractivity contribution in [2.24, 2.45) is 50.2 Å². The van der Waals surface area contributed by atoms with Gasteiger partial charge in [-0.05, 0) is 104 Å². The number of carbonyl (C=O) groups is 1. The van der Waals surface area contributed by atoms with Gasteiger partial charge >= 0.3 is 5.97 Å². The Balaban J connectivity index is 0.931. The van der Waals surface area contributed by atoms with E-state index >= 15 is 4.79 Å². The van der Waals surface area contributed by atoms with Gasteiger partial charge in [0.25, 0.3) is 0 Å². The first-order valence-electron chi connectivity index (χ1n) is 26.8. The van der Waals surface area contributed by atoms with Crippen LogP contribution in [0.25, 0.3) is 0 Å². The molecule has 5 aliphatic carbocycles. The molecule has 9 rings (SSSR count). The molecule has 0 aromatic carbocycles. The highest BCUT2D eigenvalue weighted by Crippen LogP contribution is 2.76. The van der Waals surface area contributed by atoms with E-state index in [2.05, 4.69) is 40.7 Å². The quantitative estimate of drug-likeness (QED) is 0.0618. The van der Waals surface area contributed by atoms with E-state index in [1.54, 1.807) is 0 Å². The van der Waals surface area contributed by atoms with Crippen LogP contribution in [0.3, 0.4) is 0 Å². The average Bonchev–Trinajstić information content (AvgIpc) is 3.36. The Bertz CT molecular complexity index is 2030. The number of aliphatic hydroxyl groups excluding tert-OH is 13. The van der Waals surface area contributed by atoms with Crippen molar-refractivity contribution in [3.63, 3.8) is 0 Å². The molecule has 424 valence electrons. The Kier molecular flexibility index (Phi) is 16.1. The van der Waals surface area contributed by atoms with Gasteiger partial charge in [-0.3, -0.25) is 4.79 Å². The maximum atomic E-state index is 15.1. The highest BCUT2D eigenvalue weighted by Gasteiger charge is 2.70. The predicted octanol–water partition coefficient (Wildman–Crippen LogP) is -1.78. The summed E-state index contributed by atoms with van der Waals surface area (Å²) in [5, 5.41) is 138. The lowest BCUT2D eigenvalue weighted by Gasteiger charge is -2.71. The topological polar surface area (TPSA) is 354 Å². The van der Waals surface area contributed by atoms with Crippen LogP contribution >= 0.6 is 0 Å². The number of hydrogen-bond donors (Lipinski definition) is 13. The Morgan fingerprint density at radius 1 is 0.622 bits per heavy atom. The van der Waals surface area contributed by atoms with Crippen molar-refractivity contribution in [1.82, 2.24) is 0 Å². The summed E-state index contributed by atoms with van der Waals surface area (Å²) in [6.07, 6.45) is -19.7. The van der Waals surface area contributed by atoms with Crippen LogP contribution < -0.4 is 0 Å². The predicted molar refractivity (Wildman–Crippen MR) is 252 cm³/mol. The van der Waals surface area contributed by atoms with Gasteiger partial charge < -0.3 is 104 Å². The molecule has 13 N–H and O–H groups in total. The van der Waals surface area contributed by atoms with E-state index in [1.807, 2.05) is 6.92 Å². The zero-order valence-electron chi connectivity index (χ0n) is 43.4. The van der Waals surface area contributed by atoms with E-state index in [1.165, 1.54) is 5.57 Å². The van der Waals surface area contributed by atoms with E-state index in [4.69, 9.17) is 37.9 Å². The second-order valence-electron chi connectivity index (χ2n) is 25.3. The molecule has 0 aromatic rings. The van der Waals surface area contributed by atoms with Crippen LogP contribution in [0.15, 0.2) is 11.6 Å². The van der Waals surface area contributed by atoms with E-state index < -0.39 is 147 Å². The number of allylic oxidation sites excluding steroid dienone is 2. The molecule has 4 saturated heterocycles. The van der Waals surface area contributed by atoms with Crippen LogP contribution in [0, 0.1) is 50.2 Å². The van der Waals surface area contributed by atoms with Gasteiger partial charge in [0, 0.05) is 5.41 Å². The molecule has 0 radical (unpaired) electrons. The number of fused-ring (bicyclic) bond motifs is 7. The van der Waals surface area contributed by atoms with Crippen molar-refractivity contribution < 1.29 is 109 Å². The Hall–Kier alpha value is -1.59. The van der Waals surface area contributed by atoms with Gasteiger partial charge in [0.05, 0.1) is 44.6 Å². The van der Waals surface area contributed by atoms with Crippen LogP contribution in [-0.4, -0.2) is 222 Å². The summed E-state index contributed by atoms with van der Waals surface area (Å²) in [6.45, 7) is 11.4. The van der Waals surface area contributed by atoms with Gasteiger partial charge in [0.1, 0.15) is 85.5 Å². The fraction of sp³-hybridized carbons (Fsp3) is 0.942. The molecule has 74 heavy (non-hydrogen) atoms. The minimum absolute atomic E-state index is 0.0394. The number of esters is 1. The molecular formula is C52H84O22. The SMILES string of the molecule is CC1(C)CC[C@]2(C(=O)O[C@@H]3O[C@H](CO[C@@H]4O[C@H](CO)[C@@H](O)[C@H](O)[C@H]4O)[C@@H](O)[C@H](O)[C@H]3O)CC[C@]3(C)C(=CC[C@@H]4[C@@]5(C)CC[C@H](O[C@@H]6OC[C@H](O)[C@H](O)[C@H]6O[C@@H]6OC[C@@H](O)[C@H](O)[C@H]6O)[C@@](C)(CO)[C@@H]5CC[C@]43C)[C@@H]2C1. The highest BCUT2D eigenvalue weighted by atomic mass is 16.8. The molecule has 0 bridgehead atoms. The zero-order valence-corrected chi connectivity index (χ0v) is 43.4. The first kappa shape index (κ1) is 57.1. The third-order valence-corrected chi connectivity index (χ3v) is 20.8. The fourth-order valence-corrected chi connectivity index (χ4v) is 15.9. The van der Waals surface area contributed by atoms with Crippen molar-refractivity contribution in [2.75, 3.05) is 33.0 Å². The summed E-state index contributed by atoms with van der Waals surface area (Å²) in [4.78, 5) is 15.1. The largest absolute Gasteiger partial charge is 0.432 e. The van der Waals surface area contributed by atoms with Crippen molar-refractivity contribution in [1.29, 1.82) is 0 Å². The zero-order chi connectivity index (χ0) is 53.8. The summed E-state index contributed by atoms with van der Waals surface area (Å²) in [5.74, 6) is -0.723. The molecule has 4 heterocycles. The molecule has 22 heteroatoms. The van der Waals surface area contributed by atoms with E-state index in [-0.39, 0.29) is 59.2 Å². The normalized spacial score (nSPS) is 54.4. The molecule has 4 saturated carbocycles. The van der Waals surface area contributed by atoms with Gasteiger partial charge in [0.15, 0.2) is 18.9 Å². The number of hydrogen-bond acceptors (Lipinski definition) is 22. The third kappa shape index (κ3) is 9.26. The van der Waals surface area contributed by atoms with E-state index in [0.29, 0.717) is 38.5 Å². The number of ether oxygens (including phenoxy) is 8. The van der Waals surface area contributed by atoms with Crippen LogP contribution in [0.4, 0.5) is 0 Å². The second kappa shape index (κ2) is 20.8.